The van der Waals surface area contributed by atoms with Gasteiger partial charge in [-0.3, -0.25) is 9.59 Å². The van der Waals surface area contributed by atoms with Crippen molar-refractivity contribution < 1.29 is 32.2 Å². The molecule has 2 heterocycles. The molecule has 0 saturated carbocycles. The molecule has 1 aromatic heterocycles. The van der Waals surface area contributed by atoms with Gasteiger partial charge in [0.25, 0.3) is 5.91 Å². The number of carbonyl (C=O) groups is 2. The first-order valence-electron chi connectivity index (χ1n) is 9.25. The second kappa shape index (κ2) is 9.02. The van der Waals surface area contributed by atoms with E-state index in [1.165, 1.54) is 31.3 Å². The lowest BCUT2D eigenvalue weighted by atomic mass is 10.1. The Hall–Kier alpha value is -3.30. The Morgan fingerprint density at radius 2 is 1.83 bits per heavy atom. The van der Waals surface area contributed by atoms with E-state index in [-0.39, 0.29) is 35.2 Å². The largest absolute Gasteiger partial charge is 0.573 e. The average Bonchev–Trinajstić information content (AvgIpc) is 2.67. The maximum Gasteiger partial charge on any atom is 0.573 e. The van der Waals surface area contributed by atoms with Crippen LogP contribution in [0.25, 0.3) is 0 Å². The van der Waals surface area contributed by atoms with Crippen molar-refractivity contribution in [2.45, 2.75) is 32.2 Å². The highest BCUT2D eigenvalue weighted by molar-refractivity contribution is 6.02. The van der Waals surface area contributed by atoms with Gasteiger partial charge in [0.2, 0.25) is 5.91 Å². The van der Waals surface area contributed by atoms with Gasteiger partial charge >= 0.3 is 6.36 Å². The molecule has 1 saturated heterocycles. The number of halogens is 3. The second-order valence-corrected chi connectivity index (χ2v) is 6.71. The lowest BCUT2D eigenvalue weighted by Gasteiger charge is -2.32. The Balaban J connectivity index is 1.59. The van der Waals surface area contributed by atoms with E-state index in [1.807, 2.05) is 0 Å². The zero-order valence-corrected chi connectivity index (χ0v) is 16.1. The van der Waals surface area contributed by atoms with E-state index in [4.69, 9.17) is 4.74 Å². The molecule has 0 bridgehead atoms. The average molecular weight is 423 g/mol. The van der Waals surface area contributed by atoms with Gasteiger partial charge in [0, 0.05) is 45.1 Å². The van der Waals surface area contributed by atoms with Gasteiger partial charge < -0.3 is 19.7 Å². The Bertz CT molecular complexity index is 912. The van der Waals surface area contributed by atoms with E-state index < -0.39 is 6.36 Å². The van der Waals surface area contributed by atoms with Crippen LogP contribution in [-0.2, 0) is 4.79 Å². The predicted molar refractivity (Wildman–Crippen MR) is 101 cm³/mol. The zero-order chi connectivity index (χ0) is 21.7. The number of ether oxygens (including phenoxy) is 2. The molecule has 0 radical (unpaired) electrons. The summed E-state index contributed by atoms with van der Waals surface area (Å²) in [6.07, 6.45) is -2.53. The van der Waals surface area contributed by atoms with Crippen LogP contribution >= 0.6 is 0 Å². The lowest BCUT2D eigenvalue weighted by molar-refractivity contribution is -0.274. The third-order valence-corrected chi connectivity index (χ3v) is 4.40. The minimum Gasteiger partial charge on any atom is -0.490 e. The number of benzene rings is 1. The summed E-state index contributed by atoms with van der Waals surface area (Å²) in [7, 11) is 0. The SMILES string of the molecule is CC(=O)Nc1ncccc1C(=O)N1CCC(Oc2cccc(OC(F)(F)F)c2)CC1. The molecule has 2 amide bonds. The molecule has 0 aliphatic carbocycles. The van der Waals surface area contributed by atoms with Crippen LogP contribution in [0.2, 0.25) is 0 Å². The number of likely N-dealkylation sites (tertiary alicyclic amines) is 1. The third kappa shape index (κ3) is 5.85. The number of pyridine rings is 1. The van der Waals surface area contributed by atoms with Crippen LogP contribution < -0.4 is 14.8 Å². The lowest BCUT2D eigenvalue weighted by Crippen LogP contribution is -2.42. The predicted octanol–water partition coefficient (Wildman–Crippen LogP) is 3.62. The normalized spacial score (nSPS) is 14.9. The number of hydrogen-bond acceptors (Lipinski definition) is 5. The van der Waals surface area contributed by atoms with Gasteiger partial charge in [-0.15, -0.1) is 13.2 Å². The summed E-state index contributed by atoms with van der Waals surface area (Å²) in [4.78, 5) is 29.8. The summed E-state index contributed by atoms with van der Waals surface area (Å²) in [5.74, 6) is -0.469. The molecule has 1 aliphatic rings. The number of nitrogens with one attached hydrogen (secondary N) is 1. The Labute approximate surface area is 170 Å². The maximum atomic E-state index is 12.8. The number of carbonyl (C=O) groups excluding carboxylic acids is 2. The summed E-state index contributed by atoms with van der Waals surface area (Å²) < 4.78 is 46.7. The van der Waals surface area contributed by atoms with E-state index in [0.717, 1.165) is 0 Å². The van der Waals surface area contributed by atoms with Gasteiger partial charge in [-0.05, 0) is 24.3 Å². The smallest absolute Gasteiger partial charge is 0.490 e. The fourth-order valence-corrected chi connectivity index (χ4v) is 3.13. The monoisotopic (exact) mass is 423 g/mol. The van der Waals surface area contributed by atoms with E-state index in [0.29, 0.717) is 31.5 Å². The molecule has 2 aromatic rings. The van der Waals surface area contributed by atoms with Crippen molar-refractivity contribution in [3.05, 3.63) is 48.2 Å². The molecule has 30 heavy (non-hydrogen) atoms. The summed E-state index contributed by atoms with van der Waals surface area (Å²) >= 11 is 0. The Morgan fingerprint density at radius 1 is 1.13 bits per heavy atom. The van der Waals surface area contributed by atoms with Gasteiger partial charge in [-0.25, -0.2) is 4.98 Å². The Kier molecular flexibility index (Phi) is 6.43. The van der Waals surface area contributed by atoms with Crippen LogP contribution in [0.4, 0.5) is 19.0 Å². The number of aromatic nitrogens is 1. The summed E-state index contributed by atoms with van der Waals surface area (Å²) in [5.41, 5.74) is 0.295. The van der Waals surface area contributed by atoms with Crippen LogP contribution in [0.5, 0.6) is 11.5 Å². The molecule has 0 atom stereocenters. The van der Waals surface area contributed by atoms with Crippen molar-refractivity contribution in [2.24, 2.45) is 0 Å². The first-order chi connectivity index (χ1) is 14.2. The molecule has 10 heteroatoms. The van der Waals surface area contributed by atoms with Gasteiger partial charge in [-0.1, -0.05) is 6.07 Å². The molecule has 1 aromatic carbocycles. The van der Waals surface area contributed by atoms with E-state index >= 15 is 0 Å². The molecule has 1 fully saturated rings. The zero-order valence-electron chi connectivity index (χ0n) is 16.1. The second-order valence-electron chi connectivity index (χ2n) is 6.71. The van der Waals surface area contributed by atoms with Crippen LogP contribution in [0.1, 0.15) is 30.1 Å². The fourth-order valence-electron chi connectivity index (χ4n) is 3.13. The minimum absolute atomic E-state index is 0.204. The maximum absolute atomic E-state index is 12.8. The fraction of sp³-hybridized carbons (Fsp3) is 0.350. The van der Waals surface area contributed by atoms with Crippen molar-refractivity contribution >= 4 is 17.6 Å². The van der Waals surface area contributed by atoms with Crippen LogP contribution in [0.15, 0.2) is 42.6 Å². The number of alkyl halides is 3. The van der Waals surface area contributed by atoms with Crippen molar-refractivity contribution in [1.29, 1.82) is 0 Å². The van der Waals surface area contributed by atoms with Crippen LogP contribution in [0.3, 0.4) is 0 Å². The molecule has 160 valence electrons. The van der Waals surface area contributed by atoms with Crippen molar-refractivity contribution in [3.63, 3.8) is 0 Å². The summed E-state index contributed by atoms with van der Waals surface area (Å²) in [6, 6.07) is 8.55. The highest BCUT2D eigenvalue weighted by Crippen LogP contribution is 2.28. The van der Waals surface area contributed by atoms with Crippen LogP contribution in [0, 0.1) is 0 Å². The van der Waals surface area contributed by atoms with E-state index in [1.54, 1.807) is 23.1 Å². The summed E-state index contributed by atoms with van der Waals surface area (Å²) in [5, 5.41) is 2.54. The number of nitrogens with zero attached hydrogens (tertiary/aromatic N) is 2. The molecular formula is C20H20F3N3O4. The first kappa shape index (κ1) is 21.4. The summed E-state index contributed by atoms with van der Waals surface area (Å²) in [6.45, 7) is 2.13. The van der Waals surface area contributed by atoms with Gasteiger partial charge in [0.1, 0.15) is 23.4 Å². The number of piperidine rings is 1. The quantitative estimate of drug-likeness (QED) is 0.795. The molecule has 1 N–H and O–H groups in total. The number of hydrogen-bond donors (Lipinski definition) is 1. The third-order valence-electron chi connectivity index (χ3n) is 4.40. The van der Waals surface area contributed by atoms with E-state index in [9.17, 15) is 22.8 Å². The molecule has 1 aliphatic heterocycles. The minimum atomic E-state index is -4.77. The molecular weight excluding hydrogens is 403 g/mol. The molecule has 0 spiro atoms. The molecule has 3 rings (SSSR count). The first-order valence-corrected chi connectivity index (χ1v) is 9.25. The van der Waals surface area contributed by atoms with Crippen molar-refractivity contribution in [3.8, 4) is 11.5 Å². The number of rotatable bonds is 5. The van der Waals surface area contributed by atoms with E-state index in [2.05, 4.69) is 15.0 Å². The Morgan fingerprint density at radius 3 is 2.50 bits per heavy atom. The van der Waals surface area contributed by atoms with Crippen molar-refractivity contribution in [1.82, 2.24) is 9.88 Å². The highest BCUT2D eigenvalue weighted by Gasteiger charge is 2.31. The van der Waals surface area contributed by atoms with Gasteiger partial charge in [-0.2, -0.15) is 0 Å². The molecule has 0 unspecified atom stereocenters. The van der Waals surface area contributed by atoms with Crippen LogP contribution in [-0.4, -0.2) is 47.3 Å². The number of anilines is 1. The van der Waals surface area contributed by atoms with Gasteiger partial charge in [0.15, 0.2) is 0 Å². The standard InChI is InChI=1S/C20H20F3N3O4/c1-13(27)25-18-17(6-3-9-24-18)19(28)26-10-7-14(8-11-26)29-15-4-2-5-16(12-15)30-20(21,22)23/h2-6,9,12,14H,7-8,10-11H2,1H3,(H,24,25,27). The highest BCUT2D eigenvalue weighted by atomic mass is 19.4. The topological polar surface area (TPSA) is 80.8 Å². The van der Waals surface area contributed by atoms with Gasteiger partial charge in [0.05, 0.1) is 5.56 Å². The number of amides is 2. The molecule has 7 nitrogen and oxygen atoms in total. The van der Waals surface area contributed by atoms with Crippen molar-refractivity contribution in [2.75, 3.05) is 18.4 Å².